The van der Waals surface area contributed by atoms with Crippen molar-refractivity contribution >= 4 is 108 Å². The van der Waals surface area contributed by atoms with E-state index in [0.29, 0.717) is 74.2 Å². The summed E-state index contributed by atoms with van der Waals surface area (Å²) in [6.07, 6.45) is 11.1. The van der Waals surface area contributed by atoms with Crippen molar-refractivity contribution < 1.29 is 52.7 Å². The van der Waals surface area contributed by atoms with E-state index in [1.807, 2.05) is 36.4 Å². The highest BCUT2D eigenvalue weighted by Gasteiger charge is 2.46. The molecule has 4 fully saturated rings. The van der Waals surface area contributed by atoms with Crippen LogP contribution in [0.15, 0.2) is 159 Å². The lowest BCUT2D eigenvalue weighted by atomic mass is 9.86. The quantitative estimate of drug-likeness (QED) is 0.0645. The van der Waals surface area contributed by atoms with E-state index < -0.39 is 136 Å². The van der Waals surface area contributed by atoms with Crippen LogP contribution in [0, 0.1) is 0 Å². The van der Waals surface area contributed by atoms with Gasteiger partial charge in [-0.3, -0.25) is 58.6 Å². The van der Waals surface area contributed by atoms with Crippen LogP contribution in [0.2, 0.25) is 0 Å². The number of benzene rings is 4. The van der Waals surface area contributed by atoms with Crippen LogP contribution >= 0.6 is 21.6 Å². The fourth-order valence-electron chi connectivity index (χ4n) is 14.2. The van der Waals surface area contributed by atoms with Crippen LogP contribution in [0.25, 0.3) is 21.8 Å². The van der Waals surface area contributed by atoms with Gasteiger partial charge >= 0.3 is 6.03 Å². The summed E-state index contributed by atoms with van der Waals surface area (Å²) >= 11 is 0. The number of para-hydroxylation sites is 2. The van der Waals surface area contributed by atoms with Gasteiger partial charge in [-0.1, -0.05) is 119 Å². The SMILES string of the molecule is O=C1NC(=O)[C@@H](Cc2ccccc2)NC(=O)[C@H](Cc2c[nH]cn2)NC(=O)C2(CCNCC2)NC(=O)[C@@H]2CSSC(NC(=O)[C@H](Cc3c[nH]c4ccccc34)N1)C(=O)NC1(CCNCC1)N[C@@H](Cc1c[nH]cn1)C(=O)N[C@H](Cc1ccccc1)C(=O)N[C@@H](Cc1c[nH]cn1)C(=O)N[C@@H](Cc1c[nH]c3ccccc13)C(=O)N2. The molecule has 33 nitrogen and oxygen atoms in total. The highest BCUT2D eigenvalue weighted by atomic mass is 33.1. The van der Waals surface area contributed by atoms with Crippen LogP contribution in [-0.4, -0.2) is 202 Å². The second-order valence-corrected chi connectivity index (χ2v) is 30.3. The normalized spacial score (nSPS) is 24.1. The van der Waals surface area contributed by atoms with E-state index in [0.717, 1.165) is 21.6 Å². The second kappa shape index (κ2) is 35.6. The highest BCUT2D eigenvalue weighted by molar-refractivity contribution is 8.77. The monoisotopic (exact) mass is 1530 g/mol. The maximum absolute atomic E-state index is 16.0. The Kier molecular flexibility index (Phi) is 24.8. The number of amides is 12. The standard InChI is InChI=1S/C75H86N22O11S2/c98-62-54(27-43-11-3-1-4-12-43)87-68(104)60(33-49-38-80-42-85-49)95-75(21-25-77-26-22-75)97-70(106)71-93-66(102)57(30-46-35-82-53-18-10-8-16-51(46)53)92-73(108)94-67(103)55(28-44-13-5-2-6-14-44)86-65(101)59(32-48-37-79-41-84-48)91-72(107)74(19-23-76-24-20-74)96-69(105)61(39-109-110-71)90-63(99)56(29-45-34-81-52-17-9-7-15-50(45)52)88-64(100)58(89-62)31-47-36-78-40-83-47/h1-18,34-38,40-42,54-61,71,76-77,81-82,95H,19-33,39H2,(H,78,83)(H,79,84)(H,80,85)(H,86,101)(H,87,104)(H,88,100)(H,89,98)(H,90,99)(H,91,107)(H,93,102)(H,96,105)(H,97,106)(H2,92,94,103,108)/t54-,55-,56+,57+,58+,59+,60+,61+,71?/m1/s1. The molecule has 4 aromatic carbocycles. The number of imidazole rings is 3. The van der Waals surface area contributed by atoms with Gasteiger partial charge < -0.3 is 88.7 Å². The number of carbonyl (C=O) groups is 11. The first-order valence-corrected chi connectivity index (χ1v) is 38.8. The van der Waals surface area contributed by atoms with E-state index in [4.69, 9.17) is 0 Å². The van der Waals surface area contributed by atoms with Crippen LogP contribution in [0.3, 0.4) is 0 Å². The predicted octanol–water partition coefficient (Wildman–Crippen LogP) is 0.164. The molecule has 574 valence electrons. The summed E-state index contributed by atoms with van der Waals surface area (Å²) in [7, 11) is 1.64. The number of urea groups is 1. The number of rotatable bonds is 14. The number of nitrogens with zero attached hydrogens (tertiary/aromatic N) is 3. The van der Waals surface area contributed by atoms with Gasteiger partial charge in [-0.05, 0) is 86.2 Å². The zero-order valence-electron chi connectivity index (χ0n) is 59.7. The number of fused-ring (bicyclic) bond motifs is 6. The smallest absolute Gasteiger partial charge is 0.322 e. The molecule has 2 bridgehead atoms. The van der Waals surface area contributed by atoms with Gasteiger partial charge in [0.15, 0.2) is 5.37 Å². The van der Waals surface area contributed by atoms with E-state index in [9.17, 15) is 9.59 Å². The second-order valence-electron chi connectivity index (χ2n) is 27.8. The first kappa shape index (κ1) is 76.5. The average molecular weight is 1540 g/mol. The third kappa shape index (κ3) is 19.4. The molecule has 35 heteroatoms. The molecule has 13 rings (SSSR count). The lowest BCUT2D eigenvalue weighted by Crippen LogP contribution is -2.69. The molecule has 19 N–H and O–H groups in total. The molecule has 4 aliphatic rings. The van der Waals surface area contributed by atoms with Gasteiger partial charge in [0.05, 0.1) is 47.8 Å². The van der Waals surface area contributed by atoms with Crippen molar-refractivity contribution in [2.75, 3.05) is 31.9 Å². The van der Waals surface area contributed by atoms with Gasteiger partial charge in [0.25, 0.3) is 11.8 Å². The van der Waals surface area contributed by atoms with Crippen molar-refractivity contribution in [2.45, 2.75) is 136 Å². The van der Waals surface area contributed by atoms with Gasteiger partial charge in [-0.2, -0.15) is 0 Å². The maximum atomic E-state index is 16.0. The van der Waals surface area contributed by atoms with Crippen molar-refractivity contribution in [2.24, 2.45) is 0 Å². The zero-order valence-corrected chi connectivity index (χ0v) is 61.3. The molecule has 2 spiro atoms. The van der Waals surface area contributed by atoms with Gasteiger partial charge in [0.2, 0.25) is 47.3 Å². The summed E-state index contributed by atoms with van der Waals surface area (Å²) in [6.45, 7) is 0.930. The van der Waals surface area contributed by atoms with Crippen molar-refractivity contribution in [3.63, 3.8) is 0 Å². The number of aromatic nitrogens is 8. The fraction of sp³-hybridized carbons (Fsp3) is 0.360. The van der Waals surface area contributed by atoms with Crippen molar-refractivity contribution in [3.8, 4) is 0 Å². The Hall–Kier alpha value is -11.7. The Morgan fingerprint density at radius 2 is 0.809 bits per heavy atom. The molecule has 4 aliphatic heterocycles. The molecule has 9 heterocycles. The summed E-state index contributed by atoms with van der Waals surface area (Å²) in [5.41, 5.74) is 1.44. The minimum Gasteiger partial charge on any atom is -0.361 e. The molecule has 0 aliphatic carbocycles. The van der Waals surface area contributed by atoms with Gasteiger partial charge in [-0.15, -0.1) is 0 Å². The number of nitrogens with one attached hydrogen (secondary N) is 19. The molecule has 4 saturated heterocycles. The van der Waals surface area contributed by atoms with E-state index >= 15 is 43.2 Å². The topological polar surface area (TPSA) is 474 Å². The minimum absolute atomic E-state index is 0.0600. The van der Waals surface area contributed by atoms with Crippen molar-refractivity contribution in [1.82, 2.24) is 114 Å². The largest absolute Gasteiger partial charge is 0.361 e. The third-order valence-electron chi connectivity index (χ3n) is 20.1. The van der Waals surface area contributed by atoms with Crippen LogP contribution < -0.4 is 74.4 Å². The molecule has 110 heavy (non-hydrogen) atoms. The Balaban J connectivity index is 0.941. The Morgan fingerprint density at radius 1 is 0.382 bits per heavy atom. The Labute approximate surface area is 638 Å². The lowest BCUT2D eigenvalue weighted by molar-refractivity contribution is -0.139. The van der Waals surface area contributed by atoms with Crippen LogP contribution in [-0.2, 0) is 92.9 Å². The molecule has 1 unspecified atom stereocenters. The molecule has 0 radical (unpaired) electrons. The van der Waals surface area contributed by atoms with E-state index in [-0.39, 0.29) is 83.7 Å². The third-order valence-corrected chi connectivity index (χ3v) is 22.6. The number of carbonyl (C=O) groups excluding carboxylic acids is 11. The van der Waals surface area contributed by atoms with Crippen molar-refractivity contribution in [3.05, 3.63) is 198 Å². The lowest BCUT2D eigenvalue weighted by Gasteiger charge is -2.42. The molecular weight excluding hydrogens is 1450 g/mol. The first-order chi connectivity index (χ1) is 53.4. The molecule has 0 saturated carbocycles. The van der Waals surface area contributed by atoms with E-state index in [1.165, 1.54) is 25.2 Å². The van der Waals surface area contributed by atoms with Crippen molar-refractivity contribution in [1.29, 1.82) is 0 Å². The molecule has 9 atom stereocenters. The number of hydrogen-bond donors (Lipinski definition) is 19. The summed E-state index contributed by atoms with van der Waals surface area (Å²) < 4.78 is 0. The van der Waals surface area contributed by atoms with E-state index in [1.54, 1.807) is 97.6 Å². The fourth-order valence-corrected chi connectivity index (χ4v) is 16.5. The van der Waals surface area contributed by atoms with Crippen LogP contribution in [0.1, 0.15) is 65.0 Å². The van der Waals surface area contributed by atoms with Crippen LogP contribution in [0.4, 0.5) is 4.79 Å². The van der Waals surface area contributed by atoms with Gasteiger partial charge in [0.1, 0.15) is 47.8 Å². The number of H-pyrrole nitrogens is 5. The summed E-state index contributed by atoms with van der Waals surface area (Å²) in [5.74, 6) is -9.14. The summed E-state index contributed by atoms with van der Waals surface area (Å²) in [5, 5.41) is 41.1. The number of piperidine rings is 2. The molecular formula is C75H86N22O11S2. The first-order valence-electron chi connectivity index (χ1n) is 36.4. The minimum atomic E-state index is -1.83. The zero-order chi connectivity index (χ0) is 76.6. The summed E-state index contributed by atoms with van der Waals surface area (Å²) in [4.78, 5) is 198. The Morgan fingerprint density at radius 3 is 1.33 bits per heavy atom. The van der Waals surface area contributed by atoms with E-state index in [2.05, 4.69) is 114 Å². The van der Waals surface area contributed by atoms with Gasteiger partial charge in [-0.25, -0.2) is 19.7 Å². The Bertz CT molecular complexity index is 4720. The maximum Gasteiger partial charge on any atom is 0.322 e. The summed E-state index contributed by atoms with van der Waals surface area (Å²) in [6, 6.07) is 18.9. The average Bonchev–Trinajstić information content (AvgIpc) is 0.936. The molecule has 12 amide bonds. The predicted molar refractivity (Wildman–Crippen MR) is 408 cm³/mol. The van der Waals surface area contributed by atoms with Gasteiger partial charge in [0, 0.05) is 103 Å². The number of imide groups is 1. The number of hydrogen-bond acceptors (Lipinski definition) is 19. The number of aromatic amines is 5. The van der Waals surface area contributed by atoms with Crippen LogP contribution in [0.5, 0.6) is 0 Å². The molecule has 9 aromatic rings. The molecule has 5 aromatic heterocycles. The highest BCUT2D eigenvalue weighted by Crippen LogP contribution is 2.31.